The molecule has 8 nitrogen and oxygen atoms in total. The van der Waals surface area contributed by atoms with Crippen molar-refractivity contribution in [2.75, 3.05) is 27.4 Å². The second-order valence-electron chi connectivity index (χ2n) is 4.90. The summed E-state index contributed by atoms with van der Waals surface area (Å²) in [5.74, 6) is 0.158. The van der Waals surface area contributed by atoms with Crippen LogP contribution in [0.25, 0.3) is 0 Å². The number of furan rings is 1. The number of thiocarbonyl (C=S) groups is 1. The fraction of sp³-hybridized carbons (Fsp3) is 0.235. The first-order valence-corrected chi connectivity index (χ1v) is 8.04. The molecule has 1 aromatic heterocycles. The third-order valence-electron chi connectivity index (χ3n) is 3.08. The summed E-state index contributed by atoms with van der Waals surface area (Å²) in [6.45, 7) is 1.13. The number of carbonyl (C=O) groups excluding carboxylic acids is 1. The molecule has 0 aliphatic heterocycles. The van der Waals surface area contributed by atoms with Crippen LogP contribution in [0.3, 0.4) is 0 Å². The minimum atomic E-state index is -0.608. The molecule has 0 atom stereocenters. The topological polar surface area (TPSA) is 94.3 Å². The van der Waals surface area contributed by atoms with Gasteiger partial charge in [0.25, 0.3) is 0 Å². The lowest BCUT2D eigenvalue weighted by atomic mass is 10.2. The third-order valence-corrected chi connectivity index (χ3v) is 3.32. The zero-order chi connectivity index (χ0) is 18.8. The molecule has 0 aliphatic carbocycles. The first-order valence-electron chi connectivity index (χ1n) is 7.63. The molecule has 1 aromatic carbocycles. The van der Waals surface area contributed by atoms with Gasteiger partial charge in [0.15, 0.2) is 16.6 Å². The summed E-state index contributed by atoms with van der Waals surface area (Å²) in [6, 6.07) is 8.13. The molecular formula is C17H19N3O5S. The van der Waals surface area contributed by atoms with E-state index >= 15 is 0 Å². The van der Waals surface area contributed by atoms with Gasteiger partial charge in [0, 0.05) is 13.7 Å². The van der Waals surface area contributed by atoms with Crippen molar-refractivity contribution in [1.82, 2.24) is 10.7 Å². The molecular weight excluding hydrogens is 358 g/mol. The van der Waals surface area contributed by atoms with Crippen molar-refractivity contribution in [1.29, 1.82) is 0 Å². The van der Waals surface area contributed by atoms with Gasteiger partial charge in [0.2, 0.25) is 5.76 Å². The molecule has 0 fully saturated rings. The monoisotopic (exact) mass is 377 g/mol. The van der Waals surface area contributed by atoms with Crippen molar-refractivity contribution in [3.05, 3.63) is 47.9 Å². The molecule has 0 unspecified atom stereocenters. The number of esters is 1. The number of hydrogen-bond acceptors (Lipinski definition) is 7. The normalized spacial score (nSPS) is 10.5. The molecule has 2 rings (SSSR count). The lowest BCUT2D eigenvalue weighted by Gasteiger charge is -2.09. The van der Waals surface area contributed by atoms with Crippen LogP contribution < -0.4 is 20.2 Å². The summed E-state index contributed by atoms with van der Waals surface area (Å²) in [5.41, 5.74) is 3.42. The predicted octanol–water partition coefficient (Wildman–Crippen LogP) is 1.95. The average molecular weight is 377 g/mol. The summed E-state index contributed by atoms with van der Waals surface area (Å²) >= 11 is 5.06. The summed E-state index contributed by atoms with van der Waals surface area (Å²) in [5, 5.41) is 7.34. The summed E-state index contributed by atoms with van der Waals surface area (Å²) in [4.78, 5) is 11.9. The van der Waals surface area contributed by atoms with Crippen molar-refractivity contribution in [3.8, 4) is 11.5 Å². The molecule has 0 bridgehead atoms. The molecule has 1 heterocycles. The van der Waals surface area contributed by atoms with Gasteiger partial charge in [-0.2, -0.15) is 5.10 Å². The summed E-state index contributed by atoms with van der Waals surface area (Å²) in [6.07, 6.45) is 2.96. The predicted molar refractivity (Wildman–Crippen MR) is 99.9 cm³/mol. The van der Waals surface area contributed by atoms with Crippen molar-refractivity contribution in [3.63, 3.8) is 0 Å². The smallest absolute Gasteiger partial charge is 0.379 e. The number of hydrogen-bond donors (Lipinski definition) is 2. The van der Waals surface area contributed by atoms with Crippen molar-refractivity contribution < 1.29 is 23.4 Å². The van der Waals surface area contributed by atoms with E-state index < -0.39 is 5.97 Å². The van der Waals surface area contributed by atoms with Gasteiger partial charge in [-0.25, -0.2) is 4.79 Å². The Balaban J connectivity index is 1.96. The first-order chi connectivity index (χ1) is 12.6. The van der Waals surface area contributed by atoms with Crippen LogP contribution in [-0.2, 0) is 4.74 Å². The second-order valence-corrected chi connectivity index (χ2v) is 5.30. The molecule has 0 spiro atoms. The van der Waals surface area contributed by atoms with Crippen LogP contribution in [0.1, 0.15) is 16.1 Å². The summed E-state index contributed by atoms with van der Waals surface area (Å²) < 4.78 is 20.4. The van der Waals surface area contributed by atoms with Gasteiger partial charge >= 0.3 is 5.97 Å². The second kappa shape index (κ2) is 10.2. The Hall–Kier alpha value is -2.91. The van der Waals surface area contributed by atoms with E-state index in [0.717, 1.165) is 5.56 Å². The fourth-order valence-corrected chi connectivity index (χ4v) is 2.02. The number of nitrogens with zero attached hydrogens (tertiary/aromatic N) is 1. The van der Waals surface area contributed by atoms with Crippen LogP contribution in [-0.4, -0.2) is 44.7 Å². The van der Waals surface area contributed by atoms with Gasteiger partial charge in [0.1, 0.15) is 0 Å². The van der Waals surface area contributed by atoms with Crippen LogP contribution in [0.4, 0.5) is 0 Å². The number of rotatable bonds is 8. The van der Waals surface area contributed by atoms with E-state index in [2.05, 4.69) is 15.8 Å². The Kier molecular flexibility index (Phi) is 7.59. The Morgan fingerprint density at radius 1 is 1.31 bits per heavy atom. The molecule has 0 amide bonds. The molecule has 138 valence electrons. The Morgan fingerprint density at radius 2 is 2.15 bits per heavy atom. The van der Waals surface area contributed by atoms with E-state index in [1.54, 1.807) is 37.6 Å². The van der Waals surface area contributed by atoms with E-state index in [-0.39, 0.29) is 11.5 Å². The van der Waals surface area contributed by atoms with Gasteiger partial charge in [-0.05, 0) is 48.1 Å². The molecule has 2 N–H and O–H groups in total. The highest BCUT2D eigenvalue weighted by atomic mass is 32.1. The maximum Gasteiger partial charge on any atom is 0.379 e. The van der Waals surface area contributed by atoms with Gasteiger partial charge in [0.05, 0.1) is 26.2 Å². The van der Waals surface area contributed by atoms with E-state index in [0.29, 0.717) is 24.0 Å². The number of benzene rings is 1. The maximum atomic E-state index is 11.9. The minimum absolute atomic E-state index is 0.108. The largest absolute Gasteiger partial charge is 0.493 e. The van der Waals surface area contributed by atoms with Crippen LogP contribution in [0.5, 0.6) is 11.5 Å². The van der Waals surface area contributed by atoms with E-state index in [4.69, 9.17) is 30.8 Å². The number of ether oxygens (including phenoxy) is 3. The number of hydrazone groups is 1. The van der Waals surface area contributed by atoms with E-state index in [9.17, 15) is 4.79 Å². The highest BCUT2D eigenvalue weighted by molar-refractivity contribution is 7.80. The van der Waals surface area contributed by atoms with Crippen LogP contribution in [0, 0.1) is 0 Å². The first kappa shape index (κ1) is 19.4. The van der Waals surface area contributed by atoms with Crippen LogP contribution >= 0.6 is 12.2 Å². The van der Waals surface area contributed by atoms with Crippen molar-refractivity contribution in [2.24, 2.45) is 5.10 Å². The highest BCUT2D eigenvalue weighted by Gasteiger charge is 2.14. The van der Waals surface area contributed by atoms with E-state index in [1.807, 2.05) is 0 Å². The number of methoxy groups -OCH3 is 2. The van der Waals surface area contributed by atoms with Gasteiger partial charge in [-0.1, -0.05) is 0 Å². The Morgan fingerprint density at radius 3 is 2.85 bits per heavy atom. The molecule has 0 radical (unpaired) electrons. The van der Waals surface area contributed by atoms with Crippen LogP contribution in [0.2, 0.25) is 0 Å². The zero-order valence-electron chi connectivity index (χ0n) is 14.4. The van der Waals surface area contributed by atoms with Crippen molar-refractivity contribution >= 4 is 29.5 Å². The van der Waals surface area contributed by atoms with Gasteiger partial charge in [-0.3, -0.25) is 5.43 Å². The fourth-order valence-electron chi connectivity index (χ4n) is 1.87. The quantitative estimate of drug-likeness (QED) is 0.180. The standard InChI is InChI=1S/C17H19N3O5S/c1-22-9-7-18-17(26)20-19-11-12-5-6-13(15(10-12)23-2)25-16(21)14-4-3-8-24-14/h3-6,8,10-11H,7,9H2,1-2H3,(H2,18,20,26)/b19-11-. The number of carbonyl (C=O) groups is 1. The minimum Gasteiger partial charge on any atom is -0.493 e. The van der Waals surface area contributed by atoms with Crippen molar-refractivity contribution in [2.45, 2.75) is 0 Å². The highest BCUT2D eigenvalue weighted by Crippen LogP contribution is 2.28. The van der Waals surface area contributed by atoms with Gasteiger partial charge < -0.3 is 23.9 Å². The van der Waals surface area contributed by atoms with Gasteiger partial charge in [-0.15, -0.1) is 0 Å². The molecule has 0 saturated carbocycles. The zero-order valence-corrected chi connectivity index (χ0v) is 15.2. The number of nitrogens with one attached hydrogen (secondary N) is 2. The Labute approximate surface area is 156 Å². The third kappa shape index (κ3) is 5.87. The van der Waals surface area contributed by atoms with E-state index in [1.165, 1.54) is 19.4 Å². The molecule has 9 heteroatoms. The lowest BCUT2D eigenvalue weighted by Crippen LogP contribution is -2.34. The SMILES string of the molecule is COCCNC(=S)N/N=C\c1ccc(OC(=O)c2ccco2)c(OC)c1. The van der Waals surface area contributed by atoms with Crippen LogP contribution in [0.15, 0.2) is 46.1 Å². The Bertz CT molecular complexity index is 762. The molecule has 26 heavy (non-hydrogen) atoms. The average Bonchev–Trinajstić information content (AvgIpc) is 3.18. The molecule has 0 aliphatic rings. The maximum absolute atomic E-state index is 11.9. The molecule has 2 aromatic rings. The lowest BCUT2D eigenvalue weighted by molar-refractivity contribution is 0.0696. The molecule has 0 saturated heterocycles. The summed E-state index contributed by atoms with van der Waals surface area (Å²) in [7, 11) is 3.09.